The maximum Gasteiger partial charge on any atom is 0.313 e. The summed E-state index contributed by atoms with van der Waals surface area (Å²) in [6, 6.07) is 15.4. The molecule has 6 heteroatoms. The molecule has 28 heavy (non-hydrogen) atoms. The molecular weight excluding hydrogens is 359 g/mol. The van der Waals surface area contributed by atoms with E-state index in [9.17, 15) is 19.1 Å². The molecule has 0 aliphatic carbocycles. The average Bonchev–Trinajstić information content (AvgIpc) is 2.71. The molecule has 3 aromatic rings. The van der Waals surface area contributed by atoms with Crippen LogP contribution in [0.4, 0.5) is 4.39 Å². The van der Waals surface area contributed by atoms with Crippen LogP contribution in [0, 0.1) is 5.82 Å². The van der Waals surface area contributed by atoms with Gasteiger partial charge in [-0.3, -0.25) is 14.6 Å². The number of aromatic nitrogens is 1. The normalized spacial score (nSPS) is 18.6. The van der Waals surface area contributed by atoms with Gasteiger partial charge in [0.25, 0.3) is 5.91 Å². The third-order valence-corrected chi connectivity index (χ3v) is 5.02. The predicted octanol–water partition coefficient (Wildman–Crippen LogP) is 3.79. The second-order valence-electron chi connectivity index (χ2n) is 6.69. The highest BCUT2D eigenvalue weighted by Gasteiger charge is 2.44. The monoisotopic (exact) mass is 376 g/mol. The molecule has 0 radical (unpaired) electrons. The van der Waals surface area contributed by atoms with Crippen LogP contribution in [-0.2, 0) is 11.3 Å². The van der Waals surface area contributed by atoms with Crippen molar-refractivity contribution in [1.29, 1.82) is 0 Å². The zero-order valence-electron chi connectivity index (χ0n) is 14.8. The first-order chi connectivity index (χ1) is 13.6. The summed E-state index contributed by atoms with van der Waals surface area (Å²) < 4.78 is 13.3. The summed E-state index contributed by atoms with van der Waals surface area (Å²) in [4.78, 5) is 31.1. The molecule has 1 N–H and O–H groups in total. The Bertz CT molecular complexity index is 1020. The molecule has 0 bridgehead atoms. The van der Waals surface area contributed by atoms with Crippen molar-refractivity contribution in [3.8, 4) is 0 Å². The number of amides is 1. The zero-order valence-corrected chi connectivity index (χ0v) is 14.8. The molecule has 2 aromatic carbocycles. The van der Waals surface area contributed by atoms with E-state index in [1.807, 2.05) is 0 Å². The quantitative estimate of drug-likeness (QED) is 0.752. The van der Waals surface area contributed by atoms with Crippen LogP contribution in [0.2, 0.25) is 0 Å². The van der Waals surface area contributed by atoms with E-state index in [-0.39, 0.29) is 18.3 Å². The number of nitrogens with zero attached hydrogens (tertiary/aromatic N) is 2. The first kappa shape index (κ1) is 17.9. The summed E-state index contributed by atoms with van der Waals surface area (Å²) in [5.74, 6) is -2.55. The van der Waals surface area contributed by atoms with Gasteiger partial charge in [0.1, 0.15) is 11.7 Å². The van der Waals surface area contributed by atoms with Gasteiger partial charge >= 0.3 is 5.97 Å². The SMILES string of the molecule is O=C(O)[C@@H]1c2ccccc2C(=O)N(Cc2ccc(F)cc2)[C@@H]1c1ccncc1. The van der Waals surface area contributed by atoms with Gasteiger partial charge in [0.2, 0.25) is 0 Å². The topological polar surface area (TPSA) is 70.5 Å². The van der Waals surface area contributed by atoms with E-state index in [4.69, 9.17) is 0 Å². The number of pyridine rings is 1. The summed E-state index contributed by atoms with van der Waals surface area (Å²) in [6.07, 6.45) is 3.16. The summed E-state index contributed by atoms with van der Waals surface area (Å²) in [5.41, 5.74) is 2.28. The molecule has 1 amide bonds. The van der Waals surface area contributed by atoms with Crippen molar-refractivity contribution in [3.05, 3.63) is 101 Å². The van der Waals surface area contributed by atoms with E-state index in [0.29, 0.717) is 16.7 Å². The van der Waals surface area contributed by atoms with Gasteiger partial charge in [-0.25, -0.2) is 4.39 Å². The predicted molar refractivity (Wildman–Crippen MR) is 100 cm³/mol. The third-order valence-electron chi connectivity index (χ3n) is 5.02. The third kappa shape index (κ3) is 3.13. The lowest BCUT2D eigenvalue weighted by atomic mass is 9.80. The average molecular weight is 376 g/mol. The van der Waals surface area contributed by atoms with Crippen LogP contribution in [0.25, 0.3) is 0 Å². The van der Waals surface area contributed by atoms with Gasteiger partial charge in [0.05, 0.1) is 6.04 Å². The van der Waals surface area contributed by atoms with E-state index in [2.05, 4.69) is 4.98 Å². The van der Waals surface area contributed by atoms with Crippen LogP contribution in [0.15, 0.2) is 73.1 Å². The molecule has 5 nitrogen and oxygen atoms in total. The molecule has 1 aliphatic rings. The number of hydrogen-bond donors (Lipinski definition) is 1. The van der Waals surface area contributed by atoms with Crippen molar-refractivity contribution >= 4 is 11.9 Å². The van der Waals surface area contributed by atoms with Crippen molar-refractivity contribution in [2.24, 2.45) is 0 Å². The van der Waals surface area contributed by atoms with Gasteiger partial charge in [-0.2, -0.15) is 0 Å². The number of hydrogen-bond acceptors (Lipinski definition) is 3. The Labute approximate surface area is 161 Å². The number of benzene rings is 2. The van der Waals surface area contributed by atoms with Crippen LogP contribution < -0.4 is 0 Å². The first-order valence-electron chi connectivity index (χ1n) is 8.83. The zero-order chi connectivity index (χ0) is 19.7. The van der Waals surface area contributed by atoms with E-state index in [0.717, 1.165) is 5.56 Å². The lowest BCUT2D eigenvalue weighted by molar-refractivity contribution is -0.140. The maximum absolute atomic E-state index is 13.3. The Morgan fingerprint density at radius 3 is 2.39 bits per heavy atom. The molecular formula is C22H17FN2O3. The highest BCUT2D eigenvalue weighted by molar-refractivity contribution is 6.00. The minimum atomic E-state index is -1.01. The van der Waals surface area contributed by atoms with Gasteiger partial charge in [0, 0.05) is 24.5 Å². The molecule has 0 fully saturated rings. The standard InChI is InChI=1S/C22H17FN2O3/c23-16-7-5-14(6-8-16)13-25-20(15-9-11-24-12-10-15)19(22(27)28)17-3-1-2-4-18(17)21(25)26/h1-12,19-20H,13H2,(H,27,28)/t19-,20-/m1/s1. The fourth-order valence-electron chi connectivity index (χ4n) is 3.75. The number of carbonyl (C=O) groups excluding carboxylic acids is 1. The minimum Gasteiger partial charge on any atom is -0.481 e. The Morgan fingerprint density at radius 2 is 1.71 bits per heavy atom. The van der Waals surface area contributed by atoms with Crippen molar-refractivity contribution in [1.82, 2.24) is 9.88 Å². The molecule has 0 saturated heterocycles. The van der Waals surface area contributed by atoms with Gasteiger partial charge in [-0.1, -0.05) is 30.3 Å². The van der Waals surface area contributed by atoms with Crippen LogP contribution in [0.5, 0.6) is 0 Å². The first-order valence-corrected chi connectivity index (χ1v) is 8.83. The fourth-order valence-corrected chi connectivity index (χ4v) is 3.75. The van der Waals surface area contributed by atoms with Gasteiger partial charge in [0.15, 0.2) is 0 Å². The van der Waals surface area contributed by atoms with Crippen LogP contribution in [0.3, 0.4) is 0 Å². The second-order valence-corrected chi connectivity index (χ2v) is 6.69. The summed E-state index contributed by atoms with van der Waals surface area (Å²) in [6.45, 7) is 0.171. The molecule has 0 spiro atoms. The Morgan fingerprint density at radius 1 is 1.04 bits per heavy atom. The van der Waals surface area contributed by atoms with Crippen molar-refractivity contribution in [2.45, 2.75) is 18.5 Å². The number of rotatable bonds is 4. The number of carbonyl (C=O) groups is 2. The van der Waals surface area contributed by atoms with Crippen LogP contribution in [0.1, 0.15) is 39.0 Å². The summed E-state index contributed by atoms with van der Waals surface area (Å²) in [7, 11) is 0. The smallest absolute Gasteiger partial charge is 0.313 e. The van der Waals surface area contributed by atoms with Crippen molar-refractivity contribution < 1.29 is 19.1 Å². The fraction of sp³-hybridized carbons (Fsp3) is 0.136. The Hall–Kier alpha value is -3.54. The van der Waals surface area contributed by atoms with Gasteiger partial charge in [-0.05, 0) is 47.0 Å². The Balaban J connectivity index is 1.86. The summed E-state index contributed by atoms with van der Waals surface area (Å²) >= 11 is 0. The molecule has 1 aromatic heterocycles. The molecule has 2 atom stereocenters. The van der Waals surface area contributed by atoms with Crippen molar-refractivity contribution in [2.75, 3.05) is 0 Å². The lowest BCUT2D eigenvalue weighted by Crippen LogP contribution is -2.44. The number of aliphatic carboxylic acids is 1. The van der Waals surface area contributed by atoms with E-state index >= 15 is 0 Å². The number of halogens is 1. The maximum atomic E-state index is 13.3. The Kier molecular flexibility index (Phi) is 4.61. The second kappa shape index (κ2) is 7.23. The molecule has 0 saturated carbocycles. The largest absolute Gasteiger partial charge is 0.481 e. The van der Waals surface area contributed by atoms with E-state index in [1.54, 1.807) is 65.8 Å². The molecule has 140 valence electrons. The van der Waals surface area contributed by atoms with Crippen LogP contribution in [-0.4, -0.2) is 26.9 Å². The van der Waals surface area contributed by atoms with Gasteiger partial charge in [-0.15, -0.1) is 0 Å². The number of carboxylic acids is 1. The van der Waals surface area contributed by atoms with Gasteiger partial charge < -0.3 is 10.0 Å². The lowest BCUT2D eigenvalue weighted by Gasteiger charge is -2.40. The highest BCUT2D eigenvalue weighted by Crippen LogP contribution is 2.43. The molecule has 2 heterocycles. The van der Waals surface area contributed by atoms with E-state index < -0.39 is 17.9 Å². The van der Waals surface area contributed by atoms with E-state index in [1.165, 1.54) is 12.1 Å². The number of fused-ring (bicyclic) bond motifs is 1. The molecule has 0 unspecified atom stereocenters. The number of carboxylic acid groups (broad SMARTS) is 1. The highest BCUT2D eigenvalue weighted by atomic mass is 19.1. The summed E-state index contributed by atoms with van der Waals surface area (Å²) in [5, 5.41) is 10.0. The van der Waals surface area contributed by atoms with Crippen molar-refractivity contribution in [3.63, 3.8) is 0 Å². The minimum absolute atomic E-state index is 0.171. The molecule has 4 rings (SSSR count). The molecule has 1 aliphatic heterocycles. The van der Waals surface area contributed by atoms with Crippen LogP contribution >= 0.6 is 0 Å².